The summed E-state index contributed by atoms with van der Waals surface area (Å²) in [5.41, 5.74) is 2.02. The number of hydrogen-bond donors (Lipinski definition) is 2. The van der Waals surface area contributed by atoms with Crippen LogP contribution in [0.1, 0.15) is 24.0 Å². The van der Waals surface area contributed by atoms with E-state index in [0.717, 1.165) is 49.4 Å². The van der Waals surface area contributed by atoms with Crippen LogP contribution in [0, 0.1) is 11.8 Å². The summed E-state index contributed by atoms with van der Waals surface area (Å²) < 4.78 is 5.26. The highest BCUT2D eigenvalue weighted by atomic mass is 16.5. The Kier molecular flexibility index (Phi) is 5.42. The zero-order chi connectivity index (χ0) is 14.4. The van der Waals surface area contributed by atoms with Crippen molar-refractivity contribution in [3.63, 3.8) is 0 Å². The molecule has 0 aliphatic carbocycles. The van der Waals surface area contributed by atoms with Gasteiger partial charge in [-0.3, -0.25) is 4.90 Å². The number of likely N-dealkylation sites (tertiary alicyclic amines) is 1. The fourth-order valence-electron chi connectivity index (χ4n) is 2.40. The Hall–Kier alpha value is -1.54. The molecule has 0 bridgehead atoms. The lowest BCUT2D eigenvalue weighted by Crippen LogP contribution is -2.35. The van der Waals surface area contributed by atoms with E-state index >= 15 is 0 Å². The Bertz CT molecular complexity index is 496. The largest absolute Gasteiger partial charge is 0.497 e. The molecule has 1 aliphatic heterocycles. The van der Waals surface area contributed by atoms with Gasteiger partial charge in [-0.2, -0.15) is 0 Å². The first-order valence-corrected chi connectivity index (χ1v) is 6.90. The molecular formula is C16H21NO3. The minimum Gasteiger partial charge on any atom is -0.497 e. The first-order chi connectivity index (χ1) is 9.72. The van der Waals surface area contributed by atoms with Gasteiger partial charge in [0.05, 0.1) is 13.2 Å². The third-order valence-corrected chi connectivity index (χ3v) is 3.57. The van der Waals surface area contributed by atoms with Crippen molar-refractivity contribution in [3.8, 4) is 17.6 Å². The molecule has 2 N–H and O–H groups in total. The Morgan fingerprint density at radius 3 is 2.75 bits per heavy atom. The van der Waals surface area contributed by atoms with Crippen LogP contribution < -0.4 is 4.74 Å². The topological polar surface area (TPSA) is 52.9 Å². The maximum absolute atomic E-state index is 9.55. The number of ether oxygens (including phenoxy) is 1. The minimum atomic E-state index is -0.162. The average molecular weight is 275 g/mol. The standard InChI is InChI=1S/C16H21NO3/c1-20-16-5-4-13(3-2-10-18)14(11-16)12-17-8-6-15(19)7-9-17/h4-5,11,15,18-19H,6-10,12H2,1H3. The fraction of sp³-hybridized carbons (Fsp3) is 0.500. The van der Waals surface area contributed by atoms with Gasteiger partial charge in [-0.15, -0.1) is 0 Å². The summed E-state index contributed by atoms with van der Waals surface area (Å²) in [6.07, 6.45) is 1.48. The van der Waals surface area contributed by atoms with E-state index in [9.17, 15) is 5.11 Å². The molecule has 1 saturated heterocycles. The summed E-state index contributed by atoms with van der Waals surface area (Å²) in [4.78, 5) is 2.31. The van der Waals surface area contributed by atoms with Crippen molar-refractivity contribution in [1.29, 1.82) is 0 Å². The zero-order valence-corrected chi connectivity index (χ0v) is 11.8. The molecule has 4 heteroatoms. The van der Waals surface area contributed by atoms with E-state index in [4.69, 9.17) is 9.84 Å². The van der Waals surface area contributed by atoms with Crippen molar-refractivity contribution in [2.75, 3.05) is 26.8 Å². The van der Waals surface area contributed by atoms with Gasteiger partial charge >= 0.3 is 0 Å². The summed E-state index contributed by atoms with van der Waals surface area (Å²) in [5.74, 6) is 6.49. The Morgan fingerprint density at radius 2 is 2.10 bits per heavy atom. The molecule has 1 heterocycles. The van der Waals surface area contributed by atoms with Crippen molar-refractivity contribution < 1.29 is 14.9 Å². The maximum atomic E-state index is 9.55. The lowest BCUT2D eigenvalue weighted by Gasteiger charge is -2.29. The normalized spacial score (nSPS) is 16.6. The van der Waals surface area contributed by atoms with Gasteiger partial charge in [-0.05, 0) is 36.6 Å². The van der Waals surface area contributed by atoms with E-state index in [1.54, 1.807) is 7.11 Å². The molecule has 0 radical (unpaired) electrons. The number of rotatable bonds is 3. The second kappa shape index (κ2) is 7.30. The molecule has 1 aromatic rings. The van der Waals surface area contributed by atoms with Crippen molar-refractivity contribution in [1.82, 2.24) is 4.90 Å². The monoisotopic (exact) mass is 275 g/mol. The van der Waals surface area contributed by atoms with Gasteiger partial charge in [0.15, 0.2) is 0 Å². The number of piperidine rings is 1. The van der Waals surface area contributed by atoms with E-state index in [2.05, 4.69) is 16.7 Å². The van der Waals surface area contributed by atoms with Crippen LogP contribution in [0.5, 0.6) is 5.75 Å². The molecule has 0 aromatic heterocycles. The van der Waals surface area contributed by atoms with Gasteiger partial charge in [0.1, 0.15) is 12.4 Å². The van der Waals surface area contributed by atoms with Gasteiger partial charge in [0, 0.05) is 25.2 Å². The molecule has 2 rings (SSSR count). The van der Waals surface area contributed by atoms with Crippen molar-refractivity contribution in [2.45, 2.75) is 25.5 Å². The number of methoxy groups -OCH3 is 1. The number of benzene rings is 1. The molecule has 4 nitrogen and oxygen atoms in total. The van der Waals surface area contributed by atoms with Crippen molar-refractivity contribution in [2.24, 2.45) is 0 Å². The number of hydrogen-bond acceptors (Lipinski definition) is 4. The van der Waals surface area contributed by atoms with E-state index < -0.39 is 0 Å². The molecule has 0 amide bonds. The van der Waals surface area contributed by atoms with Crippen LogP contribution in [-0.2, 0) is 6.54 Å². The molecular weight excluding hydrogens is 254 g/mol. The number of nitrogens with zero attached hydrogens (tertiary/aromatic N) is 1. The number of aliphatic hydroxyl groups excluding tert-OH is 2. The third kappa shape index (κ3) is 3.97. The maximum Gasteiger partial charge on any atom is 0.119 e. The predicted octanol–water partition coefficient (Wildman–Crippen LogP) is 0.996. The molecule has 0 spiro atoms. The molecule has 0 atom stereocenters. The Labute approximate surface area is 120 Å². The number of aliphatic hydroxyl groups is 2. The first-order valence-electron chi connectivity index (χ1n) is 6.90. The summed E-state index contributed by atoms with van der Waals surface area (Å²) in [5, 5.41) is 18.4. The molecule has 0 unspecified atom stereocenters. The lowest BCUT2D eigenvalue weighted by molar-refractivity contribution is 0.0792. The van der Waals surface area contributed by atoms with Crippen LogP contribution in [0.2, 0.25) is 0 Å². The lowest BCUT2D eigenvalue weighted by atomic mass is 10.0. The highest BCUT2D eigenvalue weighted by Gasteiger charge is 2.18. The van der Waals surface area contributed by atoms with Crippen LogP contribution in [-0.4, -0.2) is 48.0 Å². The second-order valence-electron chi connectivity index (χ2n) is 4.99. The molecule has 108 valence electrons. The smallest absolute Gasteiger partial charge is 0.119 e. The average Bonchev–Trinajstić information content (AvgIpc) is 2.48. The Morgan fingerprint density at radius 1 is 1.35 bits per heavy atom. The highest BCUT2D eigenvalue weighted by Crippen LogP contribution is 2.21. The van der Waals surface area contributed by atoms with E-state index in [1.165, 1.54) is 0 Å². The van der Waals surface area contributed by atoms with Gasteiger partial charge < -0.3 is 14.9 Å². The molecule has 20 heavy (non-hydrogen) atoms. The Balaban J connectivity index is 2.15. The third-order valence-electron chi connectivity index (χ3n) is 3.57. The molecule has 1 fully saturated rings. The highest BCUT2D eigenvalue weighted by molar-refractivity contribution is 5.45. The van der Waals surface area contributed by atoms with Crippen LogP contribution in [0.25, 0.3) is 0 Å². The summed E-state index contributed by atoms with van der Waals surface area (Å²) in [7, 11) is 1.65. The fourth-order valence-corrected chi connectivity index (χ4v) is 2.40. The predicted molar refractivity (Wildman–Crippen MR) is 77.5 cm³/mol. The van der Waals surface area contributed by atoms with E-state index in [1.807, 2.05) is 18.2 Å². The van der Waals surface area contributed by atoms with Crippen molar-refractivity contribution in [3.05, 3.63) is 29.3 Å². The summed E-state index contributed by atoms with van der Waals surface area (Å²) >= 11 is 0. The molecule has 1 aliphatic rings. The van der Waals surface area contributed by atoms with Crippen LogP contribution in [0.4, 0.5) is 0 Å². The van der Waals surface area contributed by atoms with Crippen LogP contribution >= 0.6 is 0 Å². The summed E-state index contributed by atoms with van der Waals surface area (Å²) in [6, 6.07) is 5.80. The quantitative estimate of drug-likeness (QED) is 0.808. The van der Waals surface area contributed by atoms with Crippen LogP contribution in [0.3, 0.4) is 0 Å². The molecule has 1 aromatic carbocycles. The van der Waals surface area contributed by atoms with E-state index in [0.29, 0.717) is 0 Å². The van der Waals surface area contributed by atoms with Gasteiger partial charge in [-0.1, -0.05) is 11.8 Å². The van der Waals surface area contributed by atoms with Gasteiger partial charge in [0.2, 0.25) is 0 Å². The van der Waals surface area contributed by atoms with Gasteiger partial charge in [-0.25, -0.2) is 0 Å². The summed E-state index contributed by atoms with van der Waals surface area (Å²) in [6.45, 7) is 2.44. The van der Waals surface area contributed by atoms with Crippen molar-refractivity contribution >= 4 is 0 Å². The first kappa shape index (κ1) is 14.9. The molecule has 0 saturated carbocycles. The second-order valence-corrected chi connectivity index (χ2v) is 4.99. The SMILES string of the molecule is COc1ccc(C#CCO)c(CN2CCC(O)CC2)c1. The minimum absolute atomic E-state index is 0.138. The zero-order valence-electron chi connectivity index (χ0n) is 11.8. The van der Waals surface area contributed by atoms with Crippen LogP contribution in [0.15, 0.2) is 18.2 Å². The van der Waals surface area contributed by atoms with Gasteiger partial charge in [0.25, 0.3) is 0 Å². The van der Waals surface area contributed by atoms with E-state index in [-0.39, 0.29) is 12.7 Å².